The maximum atomic E-state index is 14.2. The summed E-state index contributed by atoms with van der Waals surface area (Å²) in [5, 5.41) is 0. The molecule has 0 radical (unpaired) electrons. The number of urea groups is 1. The van der Waals surface area contributed by atoms with Crippen LogP contribution in [-0.4, -0.2) is 59.4 Å². The van der Waals surface area contributed by atoms with E-state index in [2.05, 4.69) is 57.8 Å². The van der Waals surface area contributed by atoms with Gasteiger partial charge in [0, 0.05) is 31.4 Å². The smallest absolute Gasteiger partial charge is 0.350 e. The molecule has 1 spiro atoms. The van der Waals surface area contributed by atoms with Gasteiger partial charge in [-0.3, -0.25) is 9.80 Å². The lowest BCUT2D eigenvalue weighted by molar-refractivity contribution is 0.142. The van der Waals surface area contributed by atoms with Gasteiger partial charge >= 0.3 is 6.03 Å². The Balaban J connectivity index is 1.44. The van der Waals surface area contributed by atoms with E-state index in [0.29, 0.717) is 11.6 Å². The molecular formula is C29H33FN4O. The molecule has 2 fully saturated rings. The zero-order valence-corrected chi connectivity index (χ0v) is 20.6. The van der Waals surface area contributed by atoms with Crippen LogP contribution in [0.3, 0.4) is 0 Å². The summed E-state index contributed by atoms with van der Waals surface area (Å²) in [6, 6.07) is 16.9. The van der Waals surface area contributed by atoms with Crippen molar-refractivity contribution in [2.75, 3.05) is 31.1 Å². The van der Waals surface area contributed by atoms with Crippen molar-refractivity contribution in [1.82, 2.24) is 9.80 Å². The molecule has 0 N–H and O–H groups in total. The third-order valence-electron chi connectivity index (χ3n) is 7.78. The number of hydrogen-bond acceptors (Lipinski definition) is 3. The molecule has 3 atom stereocenters. The predicted molar refractivity (Wildman–Crippen MR) is 138 cm³/mol. The van der Waals surface area contributed by atoms with Crippen molar-refractivity contribution in [3.8, 4) is 11.8 Å². The maximum absolute atomic E-state index is 14.2. The molecule has 2 amide bonds. The van der Waals surface area contributed by atoms with Gasteiger partial charge in [0.05, 0.1) is 6.54 Å². The molecule has 1 unspecified atom stereocenters. The number of amidine groups is 1. The summed E-state index contributed by atoms with van der Waals surface area (Å²) in [7, 11) is 0. The normalized spacial score (nSPS) is 26.7. The number of nitrogens with zero attached hydrogens (tertiary/aromatic N) is 4. The lowest BCUT2D eigenvalue weighted by Gasteiger charge is -2.49. The fourth-order valence-corrected chi connectivity index (χ4v) is 6.10. The summed E-state index contributed by atoms with van der Waals surface area (Å²) in [5.41, 5.74) is 1.36. The van der Waals surface area contributed by atoms with Gasteiger partial charge < -0.3 is 4.90 Å². The van der Waals surface area contributed by atoms with Crippen LogP contribution in [0.4, 0.5) is 14.9 Å². The minimum Gasteiger partial charge on any atom is -0.358 e. The number of hydrogen-bond donors (Lipinski definition) is 0. The number of likely N-dealkylation sites (tertiary alicyclic amines) is 2. The van der Waals surface area contributed by atoms with Gasteiger partial charge in [-0.15, -0.1) is 5.92 Å². The summed E-state index contributed by atoms with van der Waals surface area (Å²) in [5.74, 6) is 7.23. The van der Waals surface area contributed by atoms with Crippen LogP contribution in [0.5, 0.6) is 0 Å². The fourth-order valence-electron chi connectivity index (χ4n) is 6.10. The number of rotatable bonds is 4. The molecule has 35 heavy (non-hydrogen) atoms. The molecule has 0 aromatic heterocycles. The molecule has 5 nitrogen and oxygen atoms in total. The third kappa shape index (κ3) is 4.58. The van der Waals surface area contributed by atoms with E-state index in [9.17, 15) is 9.18 Å². The van der Waals surface area contributed by atoms with Crippen molar-refractivity contribution in [2.24, 2.45) is 10.9 Å². The number of anilines is 1. The molecule has 2 aromatic carbocycles. The Bertz CT molecular complexity index is 1170. The van der Waals surface area contributed by atoms with E-state index < -0.39 is 5.54 Å². The van der Waals surface area contributed by atoms with Crippen molar-refractivity contribution in [3.05, 3.63) is 66.0 Å². The lowest BCUT2D eigenvalue weighted by atomic mass is 9.80. The first-order chi connectivity index (χ1) is 17.0. The number of carbonyl (C=O) groups is 1. The standard InChI is InChI=1S/C29H33FN4O/c1-3-4-15-32-17-14-29(20-22(32)2)27(31-28(35)34(29)26-12-8-11-25(30)19-26)33-16-13-24(21-33)18-23-9-6-5-7-10-23/h5-12,19,22,24H,13-18,20-21H2,1-2H3/t22-,24?,29+/m0/s1. The molecule has 3 aliphatic heterocycles. The highest BCUT2D eigenvalue weighted by molar-refractivity contribution is 6.16. The van der Waals surface area contributed by atoms with Crippen LogP contribution in [0, 0.1) is 23.6 Å². The monoisotopic (exact) mass is 472 g/mol. The van der Waals surface area contributed by atoms with Gasteiger partial charge in [-0.1, -0.05) is 42.3 Å². The summed E-state index contributed by atoms with van der Waals surface area (Å²) in [4.78, 5) is 24.5. The van der Waals surface area contributed by atoms with Crippen molar-refractivity contribution in [1.29, 1.82) is 0 Å². The molecule has 2 aromatic rings. The summed E-state index contributed by atoms with van der Waals surface area (Å²) < 4.78 is 14.2. The van der Waals surface area contributed by atoms with Gasteiger partial charge in [-0.05, 0) is 69.2 Å². The molecular weight excluding hydrogens is 439 g/mol. The number of piperidine rings is 1. The van der Waals surface area contributed by atoms with Crippen LogP contribution in [0.15, 0.2) is 59.6 Å². The topological polar surface area (TPSA) is 39.1 Å². The van der Waals surface area contributed by atoms with Crippen LogP contribution in [0.25, 0.3) is 0 Å². The average molecular weight is 473 g/mol. The quantitative estimate of drug-likeness (QED) is 0.590. The Morgan fingerprint density at radius 1 is 1.14 bits per heavy atom. The van der Waals surface area contributed by atoms with E-state index >= 15 is 0 Å². The Morgan fingerprint density at radius 2 is 1.97 bits per heavy atom. The lowest BCUT2D eigenvalue weighted by Crippen LogP contribution is -2.63. The molecule has 0 aliphatic carbocycles. The first-order valence-electron chi connectivity index (χ1n) is 12.6. The Hall–Kier alpha value is -3.17. The minimum atomic E-state index is -0.567. The first-order valence-corrected chi connectivity index (χ1v) is 12.6. The molecule has 6 heteroatoms. The Kier molecular flexibility index (Phi) is 6.62. The van der Waals surface area contributed by atoms with Crippen LogP contribution in [0.2, 0.25) is 0 Å². The van der Waals surface area contributed by atoms with Crippen LogP contribution in [-0.2, 0) is 6.42 Å². The van der Waals surface area contributed by atoms with Gasteiger partial charge in [0.1, 0.15) is 17.2 Å². The maximum Gasteiger partial charge on any atom is 0.350 e. The second kappa shape index (κ2) is 9.83. The zero-order valence-electron chi connectivity index (χ0n) is 20.6. The van der Waals surface area contributed by atoms with Crippen molar-refractivity contribution < 1.29 is 9.18 Å². The van der Waals surface area contributed by atoms with Gasteiger partial charge in [-0.2, -0.15) is 4.99 Å². The van der Waals surface area contributed by atoms with E-state index in [1.165, 1.54) is 17.7 Å². The number of benzene rings is 2. The third-order valence-corrected chi connectivity index (χ3v) is 7.78. The molecule has 2 saturated heterocycles. The van der Waals surface area contributed by atoms with Crippen molar-refractivity contribution in [2.45, 2.75) is 51.1 Å². The van der Waals surface area contributed by atoms with E-state index in [-0.39, 0.29) is 17.9 Å². The molecule has 0 bridgehead atoms. The van der Waals surface area contributed by atoms with Gasteiger partial charge in [0.15, 0.2) is 0 Å². The van der Waals surface area contributed by atoms with Crippen molar-refractivity contribution >= 4 is 17.6 Å². The summed E-state index contributed by atoms with van der Waals surface area (Å²) in [6.07, 6.45) is 3.61. The molecule has 3 heterocycles. The van der Waals surface area contributed by atoms with Crippen molar-refractivity contribution in [3.63, 3.8) is 0 Å². The first kappa shape index (κ1) is 23.6. The van der Waals surface area contributed by atoms with Crippen LogP contribution >= 0.6 is 0 Å². The highest BCUT2D eigenvalue weighted by atomic mass is 19.1. The second-order valence-corrected chi connectivity index (χ2v) is 10.1. The molecule has 0 saturated carbocycles. The van der Waals surface area contributed by atoms with Crippen LogP contribution < -0.4 is 4.90 Å². The zero-order chi connectivity index (χ0) is 24.4. The SMILES string of the molecule is CC#CCN1CC[C@@]2(C[C@@H]1C)C(N1CCC(Cc3ccccc3)C1)=NC(=O)N2c1cccc(F)c1. The van der Waals surface area contributed by atoms with Gasteiger partial charge in [0.2, 0.25) is 0 Å². The van der Waals surface area contributed by atoms with Crippen LogP contribution in [0.1, 0.15) is 38.7 Å². The average Bonchev–Trinajstić information content (AvgIpc) is 3.41. The van der Waals surface area contributed by atoms with E-state index in [4.69, 9.17) is 0 Å². The van der Waals surface area contributed by atoms with E-state index in [0.717, 1.165) is 57.7 Å². The highest BCUT2D eigenvalue weighted by Gasteiger charge is 2.55. The summed E-state index contributed by atoms with van der Waals surface area (Å²) >= 11 is 0. The molecule has 182 valence electrons. The van der Waals surface area contributed by atoms with E-state index in [1.807, 2.05) is 19.1 Å². The fraction of sp³-hybridized carbons (Fsp3) is 0.448. The number of carbonyl (C=O) groups excluding carboxylic acids is 1. The minimum absolute atomic E-state index is 0.222. The predicted octanol–water partition coefficient (Wildman–Crippen LogP) is 4.98. The number of amides is 2. The van der Waals surface area contributed by atoms with Gasteiger partial charge in [-0.25, -0.2) is 9.18 Å². The molecule has 3 aliphatic rings. The Labute approximate surface area is 207 Å². The van der Waals surface area contributed by atoms with Gasteiger partial charge in [0.25, 0.3) is 0 Å². The second-order valence-electron chi connectivity index (χ2n) is 10.1. The summed E-state index contributed by atoms with van der Waals surface area (Å²) in [6.45, 7) is 7.37. The molecule has 5 rings (SSSR count). The Morgan fingerprint density at radius 3 is 2.71 bits per heavy atom. The number of aliphatic imine (C=N–C) groups is 1. The van der Waals surface area contributed by atoms with E-state index in [1.54, 1.807) is 11.0 Å². The largest absolute Gasteiger partial charge is 0.358 e. The highest BCUT2D eigenvalue weighted by Crippen LogP contribution is 2.43. The number of halogens is 1.